The van der Waals surface area contributed by atoms with E-state index in [1.807, 2.05) is 0 Å². The van der Waals surface area contributed by atoms with Gasteiger partial charge in [-0.05, 0) is 47.1 Å². The summed E-state index contributed by atoms with van der Waals surface area (Å²) in [7, 11) is 0. The zero-order valence-corrected chi connectivity index (χ0v) is 13.7. The molecule has 1 fully saturated rings. The van der Waals surface area contributed by atoms with E-state index in [0.717, 1.165) is 30.2 Å². The number of hydrogen-bond donors (Lipinski definition) is 1. The van der Waals surface area contributed by atoms with Gasteiger partial charge in [0, 0.05) is 0 Å². The fourth-order valence-corrected chi connectivity index (χ4v) is 3.57. The lowest BCUT2D eigenvalue weighted by molar-refractivity contribution is 0.0549. The molecule has 0 spiro atoms. The van der Waals surface area contributed by atoms with Crippen molar-refractivity contribution in [3.8, 4) is 0 Å². The van der Waals surface area contributed by atoms with Crippen molar-refractivity contribution in [2.75, 3.05) is 0 Å². The van der Waals surface area contributed by atoms with E-state index in [9.17, 15) is 5.11 Å². The van der Waals surface area contributed by atoms with Crippen molar-refractivity contribution < 1.29 is 5.11 Å². The zero-order chi connectivity index (χ0) is 14.9. The van der Waals surface area contributed by atoms with Crippen molar-refractivity contribution in [2.24, 2.45) is 17.8 Å². The molecular weight excluding hydrogens is 244 g/mol. The number of aliphatic hydroxyl groups excluding tert-OH is 1. The molecule has 1 saturated carbocycles. The number of aliphatic hydroxyl groups is 1. The molecule has 4 unspecified atom stereocenters. The Hall–Kier alpha value is -0.820. The number of hydrogen-bond acceptors (Lipinski definition) is 1. The lowest BCUT2D eigenvalue weighted by Crippen LogP contribution is -2.27. The average molecular weight is 274 g/mol. The summed E-state index contributed by atoms with van der Waals surface area (Å²) in [6, 6.07) is 8.44. The summed E-state index contributed by atoms with van der Waals surface area (Å²) >= 11 is 0. The topological polar surface area (TPSA) is 20.2 Å². The number of rotatable bonds is 2. The first-order chi connectivity index (χ1) is 9.30. The van der Waals surface area contributed by atoms with E-state index in [1.54, 1.807) is 0 Å². The van der Waals surface area contributed by atoms with Crippen molar-refractivity contribution in [1.82, 2.24) is 0 Å². The highest BCUT2D eigenvalue weighted by molar-refractivity contribution is 5.34. The zero-order valence-electron chi connectivity index (χ0n) is 13.7. The summed E-state index contributed by atoms with van der Waals surface area (Å²) in [5.74, 6) is 1.95. The molecule has 2 rings (SSSR count). The van der Waals surface area contributed by atoms with Crippen LogP contribution >= 0.6 is 0 Å². The fraction of sp³-hybridized carbons (Fsp3) is 0.684. The van der Waals surface area contributed by atoms with Crippen LogP contribution in [0.4, 0.5) is 0 Å². The summed E-state index contributed by atoms with van der Waals surface area (Å²) in [6.07, 6.45) is 3.26. The molecule has 0 saturated heterocycles. The minimum absolute atomic E-state index is 0.0884. The van der Waals surface area contributed by atoms with Gasteiger partial charge in [0.2, 0.25) is 0 Å². The fourth-order valence-electron chi connectivity index (χ4n) is 3.57. The van der Waals surface area contributed by atoms with E-state index in [-0.39, 0.29) is 11.5 Å². The highest BCUT2D eigenvalue weighted by Crippen LogP contribution is 2.42. The maximum Gasteiger partial charge on any atom is 0.0821 e. The Kier molecular flexibility index (Phi) is 4.59. The van der Waals surface area contributed by atoms with E-state index in [1.165, 1.54) is 12.0 Å². The average Bonchev–Trinajstić information content (AvgIpc) is 2.40. The van der Waals surface area contributed by atoms with Crippen LogP contribution in [0.1, 0.15) is 71.1 Å². The summed E-state index contributed by atoms with van der Waals surface area (Å²) in [6.45, 7) is 11.4. The first-order valence-corrected chi connectivity index (χ1v) is 8.08. The Bertz CT molecular complexity index is 443. The third-order valence-corrected chi connectivity index (χ3v) is 5.17. The van der Waals surface area contributed by atoms with Crippen LogP contribution < -0.4 is 0 Å². The Balaban J connectivity index is 2.24. The van der Waals surface area contributed by atoms with Crippen LogP contribution in [0.2, 0.25) is 0 Å². The molecule has 1 aromatic carbocycles. The van der Waals surface area contributed by atoms with E-state index in [0.29, 0.717) is 5.92 Å². The smallest absolute Gasteiger partial charge is 0.0821 e. The Labute approximate surface area is 124 Å². The molecule has 1 heteroatoms. The molecule has 1 N–H and O–H groups in total. The van der Waals surface area contributed by atoms with Gasteiger partial charge in [-0.25, -0.2) is 0 Å². The Morgan fingerprint density at radius 3 is 2.30 bits per heavy atom. The number of benzene rings is 1. The van der Waals surface area contributed by atoms with Gasteiger partial charge in [0.25, 0.3) is 0 Å². The second kappa shape index (κ2) is 5.89. The predicted octanol–water partition coefficient (Wildman–Crippen LogP) is 5.09. The van der Waals surface area contributed by atoms with E-state index in [4.69, 9.17) is 0 Å². The summed E-state index contributed by atoms with van der Waals surface area (Å²) < 4.78 is 0. The summed E-state index contributed by atoms with van der Waals surface area (Å²) in [5.41, 5.74) is 2.52. The quantitative estimate of drug-likeness (QED) is 0.796. The SMILES string of the molecule is CC1CCC(C(O)c2ccccc2C(C)(C)C)CC1C. The normalized spacial score (nSPS) is 29.2. The minimum Gasteiger partial charge on any atom is -0.388 e. The van der Waals surface area contributed by atoms with Gasteiger partial charge in [-0.2, -0.15) is 0 Å². The molecule has 4 atom stereocenters. The van der Waals surface area contributed by atoms with Gasteiger partial charge in [0.05, 0.1) is 6.10 Å². The van der Waals surface area contributed by atoms with Gasteiger partial charge in [-0.3, -0.25) is 0 Å². The second-order valence-electron chi connectivity index (χ2n) is 7.81. The Morgan fingerprint density at radius 2 is 1.70 bits per heavy atom. The molecule has 20 heavy (non-hydrogen) atoms. The molecule has 0 aliphatic heterocycles. The van der Waals surface area contributed by atoms with Crippen molar-refractivity contribution in [1.29, 1.82) is 0 Å². The van der Waals surface area contributed by atoms with Crippen LogP contribution in [0, 0.1) is 17.8 Å². The minimum atomic E-state index is -0.305. The molecule has 1 nitrogen and oxygen atoms in total. The molecule has 1 aromatic rings. The van der Waals surface area contributed by atoms with Crippen LogP contribution in [0.25, 0.3) is 0 Å². The van der Waals surface area contributed by atoms with Crippen LogP contribution in [0.15, 0.2) is 24.3 Å². The summed E-state index contributed by atoms with van der Waals surface area (Å²) in [4.78, 5) is 0. The van der Waals surface area contributed by atoms with Gasteiger partial charge in [0.15, 0.2) is 0 Å². The van der Waals surface area contributed by atoms with Gasteiger partial charge in [-0.1, -0.05) is 65.3 Å². The Morgan fingerprint density at radius 1 is 1.05 bits per heavy atom. The van der Waals surface area contributed by atoms with Crippen LogP contribution in [-0.4, -0.2) is 5.11 Å². The van der Waals surface area contributed by atoms with Crippen molar-refractivity contribution >= 4 is 0 Å². The largest absolute Gasteiger partial charge is 0.388 e. The summed E-state index contributed by atoms with van der Waals surface area (Å²) in [5, 5.41) is 10.9. The second-order valence-corrected chi connectivity index (χ2v) is 7.81. The molecule has 0 radical (unpaired) electrons. The third-order valence-electron chi connectivity index (χ3n) is 5.17. The van der Waals surface area contributed by atoms with Gasteiger partial charge in [-0.15, -0.1) is 0 Å². The van der Waals surface area contributed by atoms with Crippen molar-refractivity contribution in [3.63, 3.8) is 0 Å². The van der Waals surface area contributed by atoms with E-state index >= 15 is 0 Å². The lowest BCUT2D eigenvalue weighted by atomic mass is 9.71. The monoisotopic (exact) mass is 274 g/mol. The highest BCUT2D eigenvalue weighted by Gasteiger charge is 2.32. The molecule has 1 aliphatic carbocycles. The first kappa shape index (κ1) is 15.6. The van der Waals surface area contributed by atoms with Gasteiger partial charge >= 0.3 is 0 Å². The molecule has 0 bridgehead atoms. The lowest BCUT2D eigenvalue weighted by Gasteiger charge is -2.36. The van der Waals surface area contributed by atoms with Crippen molar-refractivity contribution in [3.05, 3.63) is 35.4 Å². The molecule has 0 heterocycles. The van der Waals surface area contributed by atoms with Gasteiger partial charge < -0.3 is 5.11 Å². The molecule has 0 amide bonds. The van der Waals surface area contributed by atoms with Crippen LogP contribution in [0.5, 0.6) is 0 Å². The van der Waals surface area contributed by atoms with Crippen LogP contribution in [-0.2, 0) is 5.41 Å². The molecular formula is C19H30O. The maximum atomic E-state index is 10.9. The molecule has 112 valence electrons. The third kappa shape index (κ3) is 3.25. The van der Waals surface area contributed by atoms with Crippen LogP contribution in [0.3, 0.4) is 0 Å². The van der Waals surface area contributed by atoms with E-state index in [2.05, 4.69) is 58.9 Å². The highest BCUT2D eigenvalue weighted by atomic mass is 16.3. The predicted molar refractivity (Wildman–Crippen MR) is 85.8 cm³/mol. The standard InChI is InChI=1S/C19H30O/c1-13-10-11-15(12-14(13)2)18(20)16-8-6-7-9-17(16)19(3,4)5/h6-9,13-15,18,20H,10-12H2,1-5H3. The maximum absolute atomic E-state index is 10.9. The van der Waals surface area contributed by atoms with Crippen molar-refractivity contribution in [2.45, 2.75) is 65.4 Å². The van der Waals surface area contributed by atoms with Gasteiger partial charge in [0.1, 0.15) is 0 Å². The molecule has 1 aliphatic rings. The van der Waals surface area contributed by atoms with E-state index < -0.39 is 0 Å². The first-order valence-electron chi connectivity index (χ1n) is 8.08. The molecule has 0 aromatic heterocycles.